The Morgan fingerprint density at radius 1 is 1.75 bits per heavy atom. The Hall–Kier alpha value is -1.32. The fourth-order valence-corrected chi connectivity index (χ4v) is 1.02. The molecular formula is C8H12N2O2. The van der Waals surface area contributed by atoms with Gasteiger partial charge in [-0.2, -0.15) is 0 Å². The van der Waals surface area contributed by atoms with Gasteiger partial charge in [0, 0.05) is 24.9 Å². The van der Waals surface area contributed by atoms with Crippen molar-refractivity contribution in [3.63, 3.8) is 0 Å². The monoisotopic (exact) mass is 168 g/mol. The predicted molar refractivity (Wildman–Crippen MR) is 43.8 cm³/mol. The van der Waals surface area contributed by atoms with Gasteiger partial charge < -0.3 is 9.67 Å². The van der Waals surface area contributed by atoms with Crippen LogP contribution in [0.3, 0.4) is 0 Å². The Kier molecular flexibility index (Phi) is 2.85. The summed E-state index contributed by atoms with van der Waals surface area (Å²) in [7, 11) is 0. The second-order valence-electron chi connectivity index (χ2n) is 2.73. The second-order valence-corrected chi connectivity index (χ2v) is 2.73. The van der Waals surface area contributed by atoms with Crippen LogP contribution in [0.5, 0.6) is 0 Å². The van der Waals surface area contributed by atoms with E-state index >= 15 is 0 Å². The van der Waals surface area contributed by atoms with Crippen LogP contribution < -0.4 is 0 Å². The molecule has 0 fully saturated rings. The van der Waals surface area contributed by atoms with Crippen molar-refractivity contribution in [3.05, 3.63) is 18.2 Å². The summed E-state index contributed by atoms with van der Waals surface area (Å²) in [6.45, 7) is 2.69. The number of rotatable bonds is 4. The first kappa shape index (κ1) is 8.77. The molecule has 1 N–H and O–H groups in total. The standard InChI is InChI=1S/C8H12N2O2/c1-7-5-9-6-10(7)4-2-3-8(11)12/h5-6H,2-4H2,1H3,(H,11,12). The van der Waals surface area contributed by atoms with Crippen molar-refractivity contribution in [1.82, 2.24) is 9.55 Å². The molecule has 0 amide bonds. The molecule has 0 aromatic carbocycles. The molecule has 0 aliphatic rings. The SMILES string of the molecule is Cc1cncn1CCCC(=O)O. The number of carboxylic acid groups (broad SMARTS) is 1. The molecule has 0 saturated carbocycles. The van der Waals surface area contributed by atoms with E-state index in [0.29, 0.717) is 6.42 Å². The third-order valence-electron chi connectivity index (χ3n) is 1.71. The van der Waals surface area contributed by atoms with E-state index in [0.717, 1.165) is 12.2 Å². The van der Waals surface area contributed by atoms with Crippen LogP contribution in [-0.2, 0) is 11.3 Å². The molecule has 0 saturated heterocycles. The van der Waals surface area contributed by atoms with Gasteiger partial charge >= 0.3 is 5.97 Å². The second kappa shape index (κ2) is 3.90. The Morgan fingerprint density at radius 2 is 2.50 bits per heavy atom. The fourth-order valence-electron chi connectivity index (χ4n) is 1.02. The summed E-state index contributed by atoms with van der Waals surface area (Å²) in [6.07, 6.45) is 4.36. The number of carboxylic acids is 1. The molecule has 0 atom stereocenters. The van der Waals surface area contributed by atoms with Crippen molar-refractivity contribution in [2.45, 2.75) is 26.3 Å². The van der Waals surface area contributed by atoms with Gasteiger partial charge in [-0.1, -0.05) is 0 Å². The van der Waals surface area contributed by atoms with Crippen molar-refractivity contribution in [3.8, 4) is 0 Å². The number of hydrogen-bond acceptors (Lipinski definition) is 2. The van der Waals surface area contributed by atoms with Gasteiger partial charge in [0.15, 0.2) is 0 Å². The van der Waals surface area contributed by atoms with E-state index in [9.17, 15) is 4.79 Å². The highest BCUT2D eigenvalue weighted by Crippen LogP contribution is 2.00. The number of hydrogen-bond donors (Lipinski definition) is 1. The topological polar surface area (TPSA) is 55.1 Å². The average Bonchev–Trinajstić information content (AvgIpc) is 2.36. The predicted octanol–water partition coefficient (Wildman–Crippen LogP) is 1.06. The lowest BCUT2D eigenvalue weighted by molar-refractivity contribution is -0.137. The quantitative estimate of drug-likeness (QED) is 0.731. The number of aliphatic carboxylic acids is 1. The van der Waals surface area contributed by atoms with Crippen LogP contribution in [0, 0.1) is 6.92 Å². The largest absolute Gasteiger partial charge is 0.481 e. The summed E-state index contributed by atoms with van der Waals surface area (Å²) in [4.78, 5) is 14.1. The van der Waals surface area contributed by atoms with Gasteiger partial charge in [0.25, 0.3) is 0 Å². The van der Waals surface area contributed by atoms with Crippen LogP contribution in [0.15, 0.2) is 12.5 Å². The van der Waals surface area contributed by atoms with Crippen LogP contribution in [0.25, 0.3) is 0 Å². The zero-order valence-corrected chi connectivity index (χ0v) is 7.03. The zero-order valence-electron chi connectivity index (χ0n) is 7.03. The third kappa shape index (κ3) is 2.38. The summed E-state index contributed by atoms with van der Waals surface area (Å²) in [5.74, 6) is -0.743. The van der Waals surface area contributed by atoms with E-state index in [1.807, 2.05) is 11.5 Å². The van der Waals surface area contributed by atoms with Gasteiger partial charge in [-0.15, -0.1) is 0 Å². The lowest BCUT2D eigenvalue weighted by Gasteiger charge is -2.01. The molecule has 0 aliphatic heterocycles. The van der Waals surface area contributed by atoms with Crippen molar-refractivity contribution in [2.24, 2.45) is 0 Å². The first-order valence-corrected chi connectivity index (χ1v) is 3.88. The number of aryl methyl sites for hydroxylation is 2. The molecule has 12 heavy (non-hydrogen) atoms. The van der Waals surface area contributed by atoms with E-state index in [1.165, 1.54) is 0 Å². The Morgan fingerprint density at radius 3 is 3.00 bits per heavy atom. The molecule has 0 unspecified atom stereocenters. The number of carbonyl (C=O) groups is 1. The van der Waals surface area contributed by atoms with Gasteiger partial charge in [0.05, 0.1) is 6.33 Å². The molecule has 4 heteroatoms. The van der Waals surface area contributed by atoms with Gasteiger partial charge in [-0.3, -0.25) is 4.79 Å². The maximum absolute atomic E-state index is 10.2. The Balaban J connectivity index is 2.33. The van der Waals surface area contributed by atoms with Crippen LogP contribution in [-0.4, -0.2) is 20.6 Å². The van der Waals surface area contributed by atoms with Crippen molar-refractivity contribution in [1.29, 1.82) is 0 Å². The van der Waals surface area contributed by atoms with E-state index in [1.54, 1.807) is 12.5 Å². The van der Waals surface area contributed by atoms with Crippen LogP contribution in [0.4, 0.5) is 0 Å². The molecule has 1 aromatic rings. The highest BCUT2D eigenvalue weighted by Gasteiger charge is 1.98. The fraction of sp³-hybridized carbons (Fsp3) is 0.500. The van der Waals surface area contributed by atoms with E-state index < -0.39 is 5.97 Å². The number of nitrogens with zero attached hydrogens (tertiary/aromatic N) is 2. The highest BCUT2D eigenvalue weighted by atomic mass is 16.4. The number of aromatic nitrogens is 2. The van der Waals surface area contributed by atoms with Crippen molar-refractivity contribution in [2.75, 3.05) is 0 Å². The minimum atomic E-state index is -0.743. The molecular weight excluding hydrogens is 156 g/mol. The smallest absolute Gasteiger partial charge is 0.303 e. The molecule has 0 bridgehead atoms. The zero-order chi connectivity index (χ0) is 8.97. The summed E-state index contributed by atoms with van der Waals surface area (Å²) in [6, 6.07) is 0. The van der Waals surface area contributed by atoms with Gasteiger partial charge in [-0.05, 0) is 13.3 Å². The maximum Gasteiger partial charge on any atom is 0.303 e. The normalized spacial score (nSPS) is 10.1. The lowest BCUT2D eigenvalue weighted by atomic mass is 10.3. The molecule has 0 aliphatic carbocycles. The van der Waals surface area contributed by atoms with Crippen LogP contribution >= 0.6 is 0 Å². The van der Waals surface area contributed by atoms with E-state index in [4.69, 9.17) is 5.11 Å². The minimum Gasteiger partial charge on any atom is -0.481 e. The molecule has 4 nitrogen and oxygen atoms in total. The summed E-state index contributed by atoms with van der Waals surface area (Å²) < 4.78 is 1.95. The maximum atomic E-state index is 10.2. The summed E-state index contributed by atoms with van der Waals surface area (Å²) in [5.41, 5.74) is 1.07. The van der Waals surface area contributed by atoms with Crippen molar-refractivity contribution < 1.29 is 9.90 Å². The third-order valence-corrected chi connectivity index (χ3v) is 1.71. The lowest BCUT2D eigenvalue weighted by Crippen LogP contribution is -2.02. The van der Waals surface area contributed by atoms with Gasteiger partial charge in [0.2, 0.25) is 0 Å². The van der Waals surface area contributed by atoms with Crippen LogP contribution in [0.1, 0.15) is 18.5 Å². The molecule has 0 radical (unpaired) electrons. The molecule has 0 spiro atoms. The molecule has 1 aromatic heterocycles. The molecule has 66 valence electrons. The van der Waals surface area contributed by atoms with E-state index in [2.05, 4.69) is 4.98 Å². The Labute approximate surface area is 70.9 Å². The summed E-state index contributed by atoms with van der Waals surface area (Å²) >= 11 is 0. The molecule has 1 rings (SSSR count). The first-order chi connectivity index (χ1) is 5.70. The molecule has 1 heterocycles. The highest BCUT2D eigenvalue weighted by molar-refractivity contribution is 5.66. The van der Waals surface area contributed by atoms with E-state index in [-0.39, 0.29) is 6.42 Å². The van der Waals surface area contributed by atoms with Crippen molar-refractivity contribution >= 4 is 5.97 Å². The average molecular weight is 168 g/mol. The minimum absolute atomic E-state index is 0.220. The Bertz CT molecular complexity index is 268. The number of imidazole rings is 1. The summed E-state index contributed by atoms with van der Waals surface area (Å²) in [5, 5.41) is 8.39. The van der Waals surface area contributed by atoms with Gasteiger partial charge in [0.1, 0.15) is 0 Å². The first-order valence-electron chi connectivity index (χ1n) is 3.88. The van der Waals surface area contributed by atoms with Crippen LogP contribution in [0.2, 0.25) is 0 Å². The van der Waals surface area contributed by atoms with Gasteiger partial charge in [-0.25, -0.2) is 4.98 Å².